The molecular formula is C13H12O4S. The summed E-state index contributed by atoms with van der Waals surface area (Å²) in [6.07, 6.45) is 1.34. The Labute approximate surface area is 105 Å². The number of furan rings is 1. The van der Waals surface area contributed by atoms with Gasteiger partial charge in [0.1, 0.15) is 5.75 Å². The fourth-order valence-electron chi connectivity index (χ4n) is 1.66. The Morgan fingerprint density at radius 3 is 2.50 bits per heavy atom. The zero-order chi connectivity index (χ0) is 13.2. The second-order valence-corrected chi connectivity index (χ2v) is 5.88. The number of sulfone groups is 1. The van der Waals surface area contributed by atoms with Crippen LogP contribution in [0.25, 0.3) is 0 Å². The van der Waals surface area contributed by atoms with Gasteiger partial charge < -0.3 is 4.42 Å². The average molecular weight is 264 g/mol. The van der Waals surface area contributed by atoms with Crippen LogP contribution in [0.4, 0.5) is 0 Å². The molecule has 1 heterocycles. The number of ketones is 1. The summed E-state index contributed by atoms with van der Waals surface area (Å²) in [5, 5.41) is 0. The van der Waals surface area contributed by atoms with Gasteiger partial charge in [0.2, 0.25) is 5.78 Å². The van der Waals surface area contributed by atoms with Gasteiger partial charge in [0.15, 0.2) is 15.6 Å². The van der Waals surface area contributed by atoms with E-state index in [2.05, 4.69) is 0 Å². The first kappa shape index (κ1) is 12.6. The topological polar surface area (TPSA) is 64.3 Å². The Balaban J connectivity index is 2.29. The van der Waals surface area contributed by atoms with E-state index in [1.165, 1.54) is 18.4 Å². The van der Waals surface area contributed by atoms with Gasteiger partial charge in [-0.3, -0.25) is 4.79 Å². The highest BCUT2D eigenvalue weighted by atomic mass is 32.2. The minimum Gasteiger partial charge on any atom is -0.461 e. The van der Waals surface area contributed by atoms with Crippen LogP contribution in [0.1, 0.15) is 16.1 Å². The van der Waals surface area contributed by atoms with Crippen LogP contribution >= 0.6 is 0 Å². The monoisotopic (exact) mass is 264 g/mol. The van der Waals surface area contributed by atoms with E-state index in [0.717, 1.165) is 0 Å². The van der Waals surface area contributed by atoms with Crippen LogP contribution in [0.3, 0.4) is 0 Å². The predicted molar refractivity (Wildman–Crippen MR) is 66.3 cm³/mol. The maximum atomic E-state index is 12.1. The molecule has 0 fully saturated rings. The molecule has 0 radical (unpaired) electrons. The summed E-state index contributed by atoms with van der Waals surface area (Å²) in [6, 6.07) is 9.59. The van der Waals surface area contributed by atoms with Crippen molar-refractivity contribution in [3.05, 3.63) is 54.0 Å². The number of rotatable bonds is 4. The zero-order valence-electron chi connectivity index (χ0n) is 9.79. The van der Waals surface area contributed by atoms with Crippen molar-refractivity contribution in [2.45, 2.75) is 11.8 Å². The van der Waals surface area contributed by atoms with Crippen LogP contribution in [0.2, 0.25) is 0 Å². The molecular weight excluding hydrogens is 252 g/mol. The molecule has 94 valence electrons. The van der Waals surface area contributed by atoms with Gasteiger partial charge >= 0.3 is 0 Å². The highest BCUT2D eigenvalue weighted by Crippen LogP contribution is 2.17. The number of carbonyl (C=O) groups is 1. The van der Waals surface area contributed by atoms with Gasteiger partial charge in [0.05, 0.1) is 11.2 Å². The van der Waals surface area contributed by atoms with Crippen LogP contribution in [0, 0.1) is 6.92 Å². The average Bonchev–Trinajstić information content (AvgIpc) is 2.82. The van der Waals surface area contributed by atoms with Crippen LogP contribution in [-0.4, -0.2) is 20.0 Å². The summed E-state index contributed by atoms with van der Waals surface area (Å²) in [7, 11) is -3.63. The van der Waals surface area contributed by atoms with Crippen molar-refractivity contribution >= 4 is 15.6 Å². The SMILES string of the molecule is Cc1ccccc1S(=O)(=O)CC(=O)c1ccco1. The van der Waals surface area contributed by atoms with Gasteiger partial charge in [0, 0.05) is 0 Å². The quantitative estimate of drug-likeness (QED) is 0.794. The Kier molecular flexibility index (Phi) is 3.34. The summed E-state index contributed by atoms with van der Waals surface area (Å²) in [5.41, 5.74) is 0.629. The van der Waals surface area contributed by atoms with Crippen molar-refractivity contribution in [1.82, 2.24) is 0 Å². The molecule has 0 aliphatic heterocycles. The van der Waals surface area contributed by atoms with Crippen LogP contribution in [0.5, 0.6) is 0 Å². The summed E-state index contributed by atoms with van der Waals surface area (Å²) in [5.74, 6) is -1.05. The maximum Gasteiger partial charge on any atom is 0.213 e. The highest BCUT2D eigenvalue weighted by Gasteiger charge is 2.23. The maximum absolute atomic E-state index is 12.1. The molecule has 0 amide bonds. The Bertz CT molecular complexity index is 654. The molecule has 0 saturated carbocycles. The molecule has 1 aromatic heterocycles. The summed E-state index contributed by atoms with van der Waals surface area (Å²) in [4.78, 5) is 11.9. The Hall–Kier alpha value is -1.88. The molecule has 18 heavy (non-hydrogen) atoms. The normalized spacial score (nSPS) is 11.4. The third kappa shape index (κ3) is 2.51. The van der Waals surface area contributed by atoms with Crippen LogP contribution < -0.4 is 0 Å². The second-order valence-electron chi connectivity index (χ2n) is 3.93. The van der Waals surface area contributed by atoms with E-state index in [0.29, 0.717) is 5.56 Å². The number of Topliss-reactive ketones (excluding diaryl/α,β-unsaturated/α-hetero) is 1. The first-order valence-corrected chi connectivity index (χ1v) is 7.01. The van der Waals surface area contributed by atoms with Crippen LogP contribution in [0.15, 0.2) is 52.0 Å². The van der Waals surface area contributed by atoms with E-state index in [9.17, 15) is 13.2 Å². The molecule has 0 aliphatic carbocycles. The molecule has 0 unspecified atom stereocenters. The molecule has 5 heteroatoms. The van der Waals surface area contributed by atoms with Gasteiger partial charge in [-0.15, -0.1) is 0 Å². The number of benzene rings is 1. The molecule has 1 aromatic carbocycles. The fourth-order valence-corrected chi connectivity index (χ4v) is 3.15. The number of hydrogen-bond donors (Lipinski definition) is 0. The van der Waals surface area contributed by atoms with Gasteiger partial charge in [-0.2, -0.15) is 0 Å². The molecule has 2 rings (SSSR count). The van der Waals surface area contributed by atoms with E-state index in [-0.39, 0.29) is 10.7 Å². The summed E-state index contributed by atoms with van der Waals surface area (Å²) < 4.78 is 29.1. The Morgan fingerprint density at radius 1 is 1.17 bits per heavy atom. The van der Waals surface area contributed by atoms with Crippen molar-refractivity contribution in [3.63, 3.8) is 0 Å². The third-order valence-electron chi connectivity index (χ3n) is 2.55. The van der Waals surface area contributed by atoms with Crippen molar-refractivity contribution in [1.29, 1.82) is 0 Å². The van der Waals surface area contributed by atoms with Crippen LogP contribution in [-0.2, 0) is 9.84 Å². The van der Waals surface area contributed by atoms with Gasteiger partial charge in [-0.1, -0.05) is 18.2 Å². The lowest BCUT2D eigenvalue weighted by Gasteiger charge is -2.05. The number of aryl methyl sites for hydroxylation is 1. The number of hydrogen-bond acceptors (Lipinski definition) is 4. The summed E-state index contributed by atoms with van der Waals surface area (Å²) in [6.45, 7) is 1.70. The lowest BCUT2D eigenvalue weighted by atomic mass is 10.2. The number of carbonyl (C=O) groups excluding carboxylic acids is 1. The second kappa shape index (κ2) is 4.78. The van der Waals surface area contributed by atoms with Crippen molar-refractivity contribution in [3.8, 4) is 0 Å². The third-order valence-corrected chi connectivity index (χ3v) is 4.32. The van der Waals surface area contributed by atoms with E-state index >= 15 is 0 Å². The largest absolute Gasteiger partial charge is 0.461 e. The first-order valence-electron chi connectivity index (χ1n) is 5.36. The molecule has 0 saturated heterocycles. The molecule has 0 N–H and O–H groups in total. The summed E-state index contributed by atoms with van der Waals surface area (Å²) >= 11 is 0. The molecule has 0 atom stereocenters. The molecule has 2 aromatic rings. The highest BCUT2D eigenvalue weighted by molar-refractivity contribution is 7.92. The lowest BCUT2D eigenvalue weighted by Crippen LogP contribution is -2.16. The van der Waals surface area contributed by atoms with Gasteiger partial charge in [0.25, 0.3) is 0 Å². The van der Waals surface area contributed by atoms with E-state index in [1.807, 2.05) is 0 Å². The van der Waals surface area contributed by atoms with Gasteiger partial charge in [-0.25, -0.2) is 8.42 Å². The lowest BCUT2D eigenvalue weighted by molar-refractivity contribution is 0.0990. The zero-order valence-corrected chi connectivity index (χ0v) is 10.6. The minimum atomic E-state index is -3.63. The minimum absolute atomic E-state index is 0.0622. The van der Waals surface area contributed by atoms with E-state index in [1.54, 1.807) is 31.2 Å². The molecule has 0 spiro atoms. The predicted octanol–water partition coefficient (Wildman–Crippen LogP) is 2.24. The molecule has 0 aliphatic rings. The smallest absolute Gasteiger partial charge is 0.213 e. The molecule has 4 nitrogen and oxygen atoms in total. The van der Waals surface area contributed by atoms with Crippen molar-refractivity contribution < 1.29 is 17.6 Å². The standard InChI is InChI=1S/C13H12O4S/c1-10-5-2-3-7-13(10)18(15,16)9-11(14)12-6-4-8-17-12/h2-8H,9H2,1H3. The first-order chi connectivity index (χ1) is 8.50. The van der Waals surface area contributed by atoms with Gasteiger partial charge in [-0.05, 0) is 30.7 Å². The van der Waals surface area contributed by atoms with Crippen molar-refractivity contribution in [2.24, 2.45) is 0 Å². The molecule has 0 bridgehead atoms. The fraction of sp³-hybridized carbons (Fsp3) is 0.154. The van der Waals surface area contributed by atoms with E-state index < -0.39 is 21.4 Å². The Morgan fingerprint density at radius 2 is 1.89 bits per heavy atom. The van der Waals surface area contributed by atoms with Crippen molar-refractivity contribution in [2.75, 3.05) is 5.75 Å². The van der Waals surface area contributed by atoms with E-state index in [4.69, 9.17) is 4.42 Å².